The largest absolute Gasteiger partial charge is 0.497 e. The SMILES string of the molecule is CC[C@@H](Oc1ccc2ccccc2c1)C(=O)NCc1ccc(OC)cc1. The van der Waals surface area contributed by atoms with Gasteiger partial charge in [-0.05, 0) is 47.0 Å². The molecule has 0 saturated heterocycles. The Morgan fingerprint density at radius 1 is 0.962 bits per heavy atom. The fraction of sp³-hybridized carbons (Fsp3) is 0.227. The molecule has 0 aliphatic rings. The Hall–Kier alpha value is -3.01. The smallest absolute Gasteiger partial charge is 0.261 e. The van der Waals surface area contributed by atoms with Crippen molar-refractivity contribution in [1.29, 1.82) is 0 Å². The molecule has 0 fully saturated rings. The van der Waals surface area contributed by atoms with E-state index >= 15 is 0 Å². The number of methoxy groups -OCH3 is 1. The van der Waals surface area contributed by atoms with Crippen LogP contribution in [-0.2, 0) is 11.3 Å². The molecule has 134 valence electrons. The van der Waals surface area contributed by atoms with Gasteiger partial charge in [-0.2, -0.15) is 0 Å². The minimum absolute atomic E-state index is 0.114. The topological polar surface area (TPSA) is 47.6 Å². The number of hydrogen-bond donors (Lipinski definition) is 1. The van der Waals surface area contributed by atoms with Crippen LogP contribution in [0, 0.1) is 0 Å². The van der Waals surface area contributed by atoms with E-state index in [0.717, 1.165) is 22.1 Å². The third kappa shape index (κ3) is 4.33. The first-order valence-electron chi connectivity index (χ1n) is 8.75. The Balaban J connectivity index is 1.62. The maximum Gasteiger partial charge on any atom is 0.261 e. The summed E-state index contributed by atoms with van der Waals surface area (Å²) in [5, 5.41) is 5.19. The van der Waals surface area contributed by atoms with E-state index in [1.807, 2.05) is 67.6 Å². The van der Waals surface area contributed by atoms with E-state index in [2.05, 4.69) is 11.4 Å². The van der Waals surface area contributed by atoms with Gasteiger partial charge in [-0.15, -0.1) is 0 Å². The molecule has 0 unspecified atom stereocenters. The Kier molecular flexibility index (Phi) is 5.74. The van der Waals surface area contributed by atoms with Crippen LogP contribution >= 0.6 is 0 Å². The van der Waals surface area contributed by atoms with Gasteiger partial charge >= 0.3 is 0 Å². The first-order valence-corrected chi connectivity index (χ1v) is 8.75. The van der Waals surface area contributed by atoms with Gasteiger partial charge in [0, 0.05) is 6.54 Å². The van der Waals surface area contributed by atoms with E-state index < -0.39 is 6.10 Å². The zero-order valence-corrected chi connectivity index (χ0v) is 15.1. The minimum Gasteiger partial charge on any atom is -0.497 e. The van der Waals surface area contributed by atoms with Crippen molar-refractivity contribution in [2.24, 2.45) is 0 Å². The number of nitrogens with one attached hydrogen (secondary N) is 1. The van der Waals surface area contributed by atoms with Gasteiger partial charge in [0.1, 0.15) is 11.5 Å². The second-order valence-corrected chi connectivity index (χ2v) is 6.09. The molecule has 26 heavy (non-hydrogen) atoms. The summed E-state index contributed by atoms with van der Waals surface area (Å²) in [4.78, 5) is 12.5. The molecule has 1 atom stereocenters. The highest BCUT2D eigenvalue weighted by molar-refractivity contribution is 5.84. The van der Waals surface area contributed by atoms with E-state index in [-0.39, 0.29) is 5.91 Å². The van der Waals surface area contributed by atoms with E-state index in [1.165, 1.54) is 0 Å². The third-order valence-electron chi connectivity index (χ3n) is 4.29. The van der Waals surface area contributed by atoms with Gasteiger partial charge in [-0.25, -0.2) is 0 Å². The second kappa shape index (κ2) is 8.39. The Morgan fingerprint density at radius 2 is 1.65 bits per heavy atom. The molecule has 3 aromatic rings. The van der Waals surface area contributed by atoms with Crippen molar-refractivity contribution in [3.05, 3.63) is 72.3 Å². The molecular formula is C22H23NO3. The van der Waals surface area contributed by atoms with Crippen molar-refractivity contribution >= 4 is 16.7 Å². The van der Waals surface area contributed by atoms with E-state index in [1.54, 1.807) is 7.11 Å². The molecule has 3 rings (SSSR count). The molecule has 0 aliphatic carbocycles. The number of ether oxygens (including phenoxy) is 2. The molecule has 0 bridgehead atoms. The van der Waals surface area contributed by atoms with Crippen LogP contribution in [0.15, 0.2) is 66.7 Å². The lowest BCUT2D eigenvalue weighted by atomic mass is 10.1. The van der Waals surface area contributed by atoms with Crippen LogP contribution in [-0.4, -0.2) is 19.1 Å². The molecule has 4 nitrogen and oxygen atoms in total. The molecule has 0 saturated carbocycles. The normalized spacial score (nSPS) is 11.8. The predicted molar refractivity (Wildman–Crippen MR) is 103 cm³/mol. The maximum atomic E-state index is 12.5. The Morgan fingerprint density at radius 3 is 2.35 bits per heavy atom. The highest BCUT2D eigenvalue weighted by Crippen LogP contribution is 2.22. The van der Waals surface area contributed by atoms with Crippen LogP contribution < -0.4 is 14.8 Å². The van der Waals surface area contributed by atoms with Crippen LogP contribution in [0.4, 0.5) is 0 Å². The summed E-state index contributed by atoms with van der Waals surface area (Å²) in [5.41, 5.74) is 1.01. The summed E-state index contributed by atoms with van der Waals surface area (Å²) < 4.78 is 11.1. The van der Waals surface area contributed by atoms with Crippen molar-refractivity contribution in [3.63, 3.8) is 0 Å². The number of carbonyl (C=O) groups is 1. The molecule has 0 aromatic heterocycles. The molecule has 0 radical (unpaired) electrons. The monoisotopic (exact) mass is 349 g/mol. The Bertz CT molecular complexity index is 874. The fourth-order valence-corrected chi connectivity index (χ4v) is 2.77. The molecule has 0 heterocycles. The van der Waals surface area contributed by atoms with Crippen molar-refractivity contribution < 1.29 is 14.3 Å². The summed E-state index contributed by atoms with van der Waals surface area (Å²) in [5.74, 6) is 1.39. The molecule has 1 amide bonds. The standard InChI is InChI=1S/C22H23NO3/c1-3-21(22(24)23-15-16-8-11-19(25-2)12-9-16)26-20-13-10-17-6-4-5-7-18(17)14-20/h4-14,21H,3,15H2,1-2H3,(H,23,24)/t21-/m1/s1. The van der Waals surface area contributed by atoms with Gasteiger partial charge in [-0.3, -0.25) is 4.79 Å². The van der Waals surface area contributed by atoms with Crippen LogP contribution in [0.1, 0.15) is 18.9 Å². The average molecular weight is 349 g/mol. The van der Waals surface area contributed by atoms with Gasteiger partial charge in [0.15, 0.2) is 6.10 Å². The lowest BCUT2D eigenvalue weighted by molar-refractivity contribution is -0.128. The number of fused-ring (bicyclic) bond motifs is 1. The summed E-state index contributed by atoms with van der Waals surface area (Å²) in [6.45, 7) is 2.40. The van der Waals surface area contributed by atoms with Gasteiger partial charge in [0.2, 0.25) is 0 Å². The number of amides is 1. The number of carbonyl (C=O) groups excluding carboxylic acids is 1. The van der Waals surface area contributed by atoms with Crippen LogP contribution in [0.5, 0.6) is 11.5 Å². The van der Waals surface area contributed by atoms with Gasteiger partial charge < -0.3 is 14.8 Å². The number of rotatable bonds is 7. The van der Waals surface area contributed by atoms with Gasteiger partial charge in [0.05, 0.1) is 7.11 Å². The van der Waals surface area contributed by atoms with Crippen molar-refractivity contribution in [3.8, 4) is 11.5 Å². The molecule has 0 spiro atoms. The van der Waals surface area contributed by atoms with E-state index in [0.29, 0.717) is 18.7 Å². The van der Waals surface area contributed by atoms with Gasteiger partial charge in [0.25, 0.3) is 5.91 Å². The molecule has 4 heteroatoms. The summed E-state index contributed by atoms with van der Waals surface area (Å²) in [6, 6.07) is 21.6. The number of hydrogen-bond acceptors (Lipinski definition) is 3. The van der Waals surface area contributed by atoms with Crippen molar-refractivity contribution in [2.45, 2.75) is 26.0 Å². The van der Waals surface area contributed by atoms with E-state index in [4.69, 9.17) is 9.47 Å². The van der Waals surface area contributed by atoms with Gasteiger partial charge in [-0.1, -0.05) is 49.4 Å². The minimum atomic E-state index is -0.519. The lowest BCUT2D eigenvalue weighted by Crippen LogP contribution is -2.37. The summed E-state index contributed by atoms with van der Waals surface area (Å²) in [7, 11) is 1.63. The first kappa shape index (κ1) is 17.8. The lowest BCUT2D eigenvalue weighted by Gasteiger charge is -2.18. The summed E-state index contributed by atoms with van der Waals surface area (Å²) in [6.07, 6.45) is 0.0794. The second-order valence-electron chi connectivity index (χ2n) is 6.09. The molecular weight excluding hydrogens is 326 g/mol. The molecule has 1 N–H and O–H groups in total. The summed E-state index contributed by atoms with van der Waals surface area (Å²) >= 11 is 0. The fourth-order valence-electron chi connectivity index (χ4n) is 2.77. The quantitative estimate of drug-likeness (QED) is 0.691. The zero-order chi connectivity index (χ0) is 18.4. The van der Waals surface area contributed by atoms with Crippen LogP contribution in [0.3, 0.4) is 0 Å². The maximum absolute atomic E-state index is 12.5. The molecule has 3 aromatic carbocycles. The van der Waals surface area contributed by atoms with Crippen molar-refractivity contribution in [1.82, 2.24) is 5.32 Å². The first-order chi connectivity index (χ1) is 12.7. The van der Waals surface area contributed by atoms with E-state index in [9.17, 15) is 4.79 Å². The average Bonchev–Trinajstić information content (AvgIpc) is 2.70. The molecule has 0 aliphatic heterocycles. The van der Waals surface area contributed by atoms with Crippen molar-refractivity contribution in [2.75, 3.05) is 7.11 Å². The zero-order valence-electron chi connectivity index (χ0n) is 15.1. The van der Waals surface area contributed by atoms with Crippen LogP contribution in [0.25, 0.3) is 10.8 Å². The Labute approximate surface area is 153 Å². The van der Waals surface area contributed by atoms with Crippen LogP contribution in [0.2, 0.25) is 0 Å². The third-order valence-corrected chi connectivity index (χ3v) is 4.29. The number of benzene rings is 3. The highest BCUT2D eigenvalue weighted by Gasteiger charge is 2.18. The predicted octanol–water partition coefficient (Wildman–Crippen LogP) is 4.32. The highest BCUT2D eigenvalue weighted by atomic mass is 16.5.